The summed E-state index contributed by atoms with van der Waals surface area (Å²) >= 11 is 0. The minimum absolute atomic E-state index is 0.561. The molecule has 0 spiro atoms. The SMILES string of the molecule is CCNC(c1c(C)c(C)cc(C)c1C)C1CCCC1. The molecular formula is C18H29N. The second-order valence-electron chi connectivity index (χ2n) is 6.25. The van der Waals surface area contributed by atoms with Crippen molar-refractivity contribution in [2.75, 3.05) is 6.54 Å². The molecular weight excluding hydrogens is 230 g/mol. The van der Waals surface area contributed by atoms with Gasteiger partial charge in [0, 0.05) is 6.04 Å². The van der Waals surface area contributed by atoms with Crippen LogP contribution in [0.4, 0.5) is 0 Å². The zero-order valence-electron chi connectivity index (χ0n) is 13.3. The molecule has 1 atom stereocenters. The summed E-state index contributed by atoms with van der Waals surface area (Å²) < 4.78 is 0. The minimum Gasteiger partial charge on any atom is -0.310 e. The lowest BCUT2D eigenvalue weighted by Crippen LogP contribution is -2.28. The highest BCUT2D eigenvalue weighted by Crippen LogP contribution is 2.39. The van der Waals surface area contributed by atoms with Gasteiger partial charge in [0.25, 0.3) is 0 Å². The van der Waals surface area contributed by atoms with Crippen LogP contribution < -0.4 is 5.32 Å². The Kier molecular flexibility index (Phi) is 4.67. The van der Waals surface area contributed by atoms with Gasteiger partial charge in [-0.1, -0.05) is 25.8 Å². The first-order valence-electron chi connectivity index (χ1n) is 7.87. The summed E-state index contributed by atoms with van der Waals surface area (Å²) in [6.45, 7) is 12.4. The average Bonchev–Trinajstić information content (AvgIpc) is 2.89. The van der Waals surface area contributed by atoms with Gasteiger partial charge in [-0.05, 0) is 80.8 Å². The van der Waals surface area contributed by atoms with Gasteiger partial charge in [0.05, 0.1) is 0 Å². The molecule has 1 nitrogen and oxygen atoms in total. The molecule has 1 N–H and O–H groups in total. The van der Waals surface area contributed by atoms with Crippen LogP contribution in [0.1, 0.15) is 66.5 Å². The maximum Gasteiger partial charge on any atom is 0.0354 e. The van der Waals surface area contributed by atoms with Gasteiger partial charge < -0.3 is 5.32 Å². The third kappa shape index (κ3) is 2.86. The molecule has 106 valence electrons. The Hall–Kier alpha value is -0.820. The third-order valence-corrected chi connectivity index (χ3v) is 5.03. The van der Waals surface area contributed by atoms with Crippen molar-refractivity contribution in [3.05, 3.63) is 33.9 Å². The molecule has 1 aromatic carbocycles. The fourth-order valence-electron chi connectivity index (χ4n) is 3.73. The summed E-state index contributed by atoms with van der Waals surface area (Å²) in [6, 6.07) is 2.90. The molecule has 1 aliphatic carbocycles. The zero-order chi connectivity index (χ0) is 14.0. The highest BCUT2D eigenvalue weighted by molar-refractivity contribution is 5.46. The number of aryl methyl sites for hydroxylation is 2. The first-order chi connectivity index (χ1) is 9.06. The van der Waals surface area contributed by atoms with Crippen molar-refractivity contribution in [2.24, 2.45) is 5.92 Å². The number of benzene rings is 1. The zero-order valence-corrected chi connectivity index (χ0v) is 13.3. The van der Waals surface area contributed by atoms with Crippen molar-refractivity contribution in [3.8, 4) is 0 Å². The smallest absolute Gasteiger partial charge is 0.0354 e. The van der Waals surface area contributed by atoms with Crippen LogP contribution in [0, 0.1) is 33.6 Å². The fourth-order valence-corrected chi connectivity index (χ4v) is 3.73. The van der Waals surface area contributed by atoms with Crippen molar-refractivity contribution in [1.82, 2.24) is 5.32 Å². The Balaban J connectivity index is 2.46. The van der Waals surface area contributed by atoms with E-state index in [-0.39, 0.29) is 0 Å². The van der Waals surface area contributed by atoms with Gasteiger partial charge in [-0.25, -0.2) is 0 Å². The highest BCUT2D eigenvalue weighted by Gasteiger charge is 2.28. The molecule has 1 unspecified atom stereocenters. The van der Waals surface area contributed by atoms with Crippen LogP contribution in [0.25, 0.3) is 0 Å². The number of hydrogen-bond acceptors (Lipinski definition) is 1. The van der Waals surface area contributed by atoms with Gasteiger partial charge in [0.1, 0.15) is 0 Å². The maximum atomic E-state index is 3.78. The van der Waals surface area contributed by atoms with Crippen molar-refractivity contribution in [3.63, 3.8) is 0 Å². The number of rotatable bonds is 4. The molecule has 0 saturated heterocycles. The molecule has 1 aliphatic rings. The molecule has 1 saturated carbocycles. The van der Waals surface area contributed by atoms with Gasteiger partial charge in [-0.2, -0.15) is 0 Å². The van der Waals surface area contributed by atoms with Crippen molar-refractivity contribution in [2.45, 2.75) is 66.3 Å². The molecule has 0 amide bonds. The Bertz CT molecular complexity index is 415. The Morgan fingerprint density at radius 2 is 1.58 bits per heavy atom. The van der Waals surface area contributed by atoms with Crippen molar-refractivity contribution < 1.29 is 0 Å². The summed E-state index contributed by atoms with van der Waals surface area (Å²) in [5.74, 6) is 0.832. The van der Waals surface area contributed by atoms with E-state index in [2.05, 4.69) is 46.0 Å². The van der Waals surface area contributed by atoms with Crippen LogP contribution in [0.5, 0.6) is 0 Å². The minimum atomic E-state index is 0.561. The maximum absolute atomic E-state index is 3.78. The van der Waals surface area contributed by atoms with Gasteiger partial charge in [0.15, 0.2) is 0 Å². The summed E-state index contributed by atoms with van der Waals surface area (Å²) in [7, 11) is 0. The van der Waals surface area contributed by atoms with Gasteiger partial charge in [-0.3, -0.25) is 0 Å². The predicted molar refractivity (Wildman–Crippen MR) is 83.8 cm³/mol. The Morgan fingerprint density at radius 3 is 2.05 bits per heavy atom. The van der Waals surface area contributed by atoms with E-state index in [0.29, 0.717) is 6.04 Å². The molecule has 0 aromatic heterocycles. The number of nitrogens with one attached hydrogen (secondary N) is 1. The van der Waals surface area contributed by atoms with Crippen molar-refractivity contribution in [1.29, 1.82) is 0 Å². The van der Waals surface area contributed by atoms with Gasteiger partial charge >= 0.3 is 0 Å². The van der Waals surface area contributed by atoms with E-state index in [9.17, 15) is 0 Å². The van der Waals surface area contributed by atoms with Crippen LogP contribution in [0.3, 0.4) is 0 Å². The summed E-state index contributed by atoms with van der Waals surface area (Å²) in [6.07, 6.45) is 5.61. The number of hydrogen-bond donors (Lipinski definition) is 1. The quantitative estimate of drug-likeness (QED) is 0.822. The Labute approximate surface area is 118 Å². The highest BCUT2D eigenvalue weighted by atomic mass is 14.9. The molecule has 0 bridgehead atoms. The Morgan fingerprint density at radius 1 is 1.05 bits per heavy atom. The lowest BCUT2D eigenvalue weighted by molar-refractivity contribution is 0.372. The van der Waals surface area contributed by atoms with Crippen LogP contribution >= 0.6 is 0 Å². The molecule has 19 heavy (non-hydrogen) atoms. The van der Waals surface area contributed by atoms with Gasteiger partial charge in [0.2, 0.25) is 0 Å². The average molecular weight is 259 g/mol. The first-order valence-corrected chi connectivity index (χ1v) is 7.87. The monoisotopic (exact) mass is 259 g/mol. The van der Waals surface area contributed by atoms with E-state index in [0.717, 1.165) is 12.5 Å². The molecule has 0 radical (unpaired) electrons. The van der Waals surface area contributed by atoms with E-state index in [4.69, 9.17) is 0 Å². The fraction of sp³-hybridized carbons (Fsp3) is 0.667. The van der Waals surface area contributed by atoms with Crippen molar-refractivity contribution >= 4 is 0 Å². The molecule has 0 heterocycles. The second-order valence-corrected chi connectivity index (χ2v) is 6.25. The molecule has 0 aliphatic heterocycles. The predicted octanol–water partition coefficient (Wildman–Crippen LogP) is 4.76. The van der Waals surface area contributed by atoms with Gasteiger partial charge in [-0.15, -0.1) is 0 Å². The van der Waals surface area contributed by atoms with Crippen LogP contribution in [0.2, 0.25) is 0 Å². The van der Waals surface area contributed by atoms with E-state index in [1.807, 2.05) is 0 Å². The topological polar surface area (TPSA) is 12.0 Å². The van der Waals surface area contributed by atoms with Crippen LogP contribution in [-0.2, 0) is 0 Å². The lowest BCUT2D eigenvalue weighted by Gasteiger charge is -2.29. The summed E-state index contributed by atoms with van der Waals surface area (Å²) in [4.78, 5) is 0. The standard InChI is InChI=1S/C18H29N/c1-6-19-18(16-9-7-8-10-16)17-14(4)12(2)11-13(3)15(17)5/h11,16,18-19H,6-10H2,1-5H3. The third-order valence-electron chi connectivity index (χ3n) is 5.03. The molecule has 1 heteroatoms. The lowest BCUT2D eigenvalue weighted by atomic mass is 9.83. The van der Waals surface area contributed by atoms with E-state index in [1.165, 1.54) is 47.9 Å². The normalized spacial score (nSPS) is 17.9. The van der Waals surface area contributed by atoms with Crippen LogP contribution in [0.15, 0.2) is 6.07 Å². The summed E-state index contributed by atoms with van der Waals surface area (Å²) in [5.41, 5.74) is 7.48. The summed E-state index contributed by atoms with van der Waals surface area (Å²) in [5, 5.41) is 3.78. The molecule has 1 fully saturated rings. The van der Waals surface area contributed by atoms with E-state index >= 15 is 0 Å². The first kappa shape index (κ1) is 14.6. The largest absolute Gasteiger partial charge is 0.310 e. The molecule has 1 aromatic rings. The van der Waals surface area contributed by atoms with Crippen LogP contribution in [-0.4, -0.2) is 6.54 Å². The van der Waals surface area contributed by atoms with E-state index < -0.39 is 0 Å². The van der Waals surface area contributed by atoms with E-state index in [1.54, 1.807) is 5.56 Å². The second kappa shape index (κ2) is 6.09. The molecule has 2 rings (SSSR count).